The third-order valence-electron chi connectivity index (χ3n) is 2.40. The molecule has 4 N–H and O–H groups in total. The average Bonchev–Trinajstić information content (AvgIpc) is 2.32. The Balaban J connectivity index is 3.06. The number of hydrogen-bond acceptors (Lipinski definition) is 5. The summed E-state index contributed by atoms with van der Waals surface area (Å²) in [6, 6.07) is -0.235. The topological polar surface area (TPSA) is 145 Å². The summed E-state index contributed by atoms with van der Waals surface area (Å²) in [5.41, 5.74) is 3.85. The lowest BCUT2D eigenvalue weighted by atomic mass is 10.3. The molecule has 0 aliphatic rings. The standard InChI is InChI=1S/C10H13N3O6/c11-6(9(17)18)5-12-3-1-7(14)13(10(12)19)4-2-8(15)16/h1,3,6H,2,4-5,11H2,(H,15,16)(H,17,18)/t6-/m1/s1. The third kappa shape index (κ3) is 3.78. The van der Waals surface area contributed by atoms with Crippen molar-refractivity contribution in [2.75, 3.05) is 0 Å². The van der Waals surface area contributed by atoms with E-state index in [0.717, 1.165) is 21.4 Å². The van der Waals surface area contributed by atoms with Crippen LogP contribution >= 0.6 is 0 Å². The molecule has 9 heteroatoms. The predicted octanol–water partition coefficient (Wildman–Crippen LogP) is -2.10. The van der Waals surface area contributed by atoms with Gasteiger partial charge in [-0.1, -0.05) is 0 Å². The Morgan fingerprint density at radius 2 is 1.95 bits per heavy atom. The van der Waals surface area contributed by atoms with Crippen molar-refractivity contribution < 1.29 is 19.8 Å². The summed E-state index contributed by atoms with van der Waals surface area (Å²) in [5.74, 6) is -2.43. The van der Waals surface area contributed by atoms with Crippen molar-refractivity contribution >= 4 is 11.9 Å². The molecule has 0 unspecified atom stereocenters. The van der Waals surface area contributed by atoms with Gasteiger partial charge >= 0.3 is 17.6 Å². The van der Waals surface area contributed by atoms with Crippen LogP contribution in [0.2, 0.25) is 0 Å². The molecule has 0 saturated carbocycles. The van der Waals surface area contributed by atoms with E-state index < -0.39 is 29.2 Å². The average molecular weight is 271 g/mol. The Morgan fingerprint density at radius 3 is 2.47 bits per heavy atom. The van der Waals surface area contributed by atoms with E-state index in [0.29, 0.717) is 0 Å². The molecule has 0 aliphatic heterocycles. The number of nitrogens with zero attached hydrogens (tertiary/aromatic N) is 2. The third-order valence-corrected chi connectivity index (χ3v) is 2.40. The van der Waals surface area contributed by atoms with E-state index in [1.807, 2.05) is 0 Å². The van der Waals surface area contributed by atoms with Crippen LogP contribution in [0.5, 0.6) is 0 Å². The first-order valence-electron chi connectivity index (χ1n) is 5.33. The molecule has 1 atom stereocenters. The minimum atomic E-state index is -1.29. The van der Waals surface area contributed by atoms with Gasteiger partial charge in [0, 0.05) is 18.8 Å². The molecule has 0 aliphatic carbocycles. The number of aliphatic carboxylic acids is 2. The van der Waals surface area contributed by atoms with Gasteiger partial charge < -0.3 is 15.9 Å². The van der Waals surface area contributed by atoms with Gasteiger partial charge in [-0.3, -0.25) is 23.5 Å². The first kappa shape index (κ1) is 14.6. The molecular formula is C10H13N3O6. The van der Waals surface area contributed by atoms with Crippen LogP contribution in [0, 0.1) is 0 Å². The Morgan fingerprint density at radius 1 is 1.32 bits per heavy atom. The van der Waals surface area contributed by atoms with Crippen molar-refractivity contribution in [3.8, 4) is 0 Å². The number of nitrogens with two attached hydrogens (primary N) is 1. The van der Waals surface area contributed by atoms with Gasteiger partial charge in [-0.15, -0.1) is 0 Å². The summed E-state index contributed by atoms with van der Waals surface area (Å²) in [6.45, 7) is -0.586. The number of carboxylic acids is 2. The molecular weight excluding hydrogens is 258 g/mol. The molecule has 0 amide bonds. The molecule has 0 bridgehead atoms. The molecule has 0 fully saturated rings. The van der Waals surface area contributed by atoms with E-state index in [1.165, 1.54) is 0 Å². The molecule has 19 heavy (non-hydrogen) atoms. The number of hydrogen-bond donors (Lipinski definition) is 3. The number of aromatic nitrogens is 2. The second kappa shape index (κ2) is 5.96. The molecule has 104 valence electrons. The minimum Gasteiger partial charge on any atom is -0.481 e. The van der Waals surface area contributed by atoms with E-state index in [9.17, 15) is 19.2 Å². The van der Waals surface area contributed by atoms with E-state index in [4.69, 9.17) is 15.9 Å². The molecule has 1 heterocycles. The van der Waals surface area contributed by atoms with Gasteiger partial charge in [0.1, 0.15) is 6.04 Å². The van der Waals surface area contributed by atoms with Crippen LogP contribution in [0.4, 0.5) is 0 Å². The van der Waals surface area contributed by atoms with Crippen molar-refractivity contribution in [3.05, 3.63) is 33.1 Å². The van der Waals surface area contributed by atoms with Crippen molar-refractivity contribution in [2.24, 2.45) is 5.73 Å². The van der Waals surface area contributed by atoms with E-state index in [1.54, 1.807) is 0 Å². The highest BCUT2D eigenvalue weighted by atomic mass is 16.4. The summed E-state index contributed by atoms with van der Waals surface area (Å²) in [7, 11) is 0. The molecule has 0 radical (unpaired) electrons. The lowest BCUT2D eigenvalue weighted by Crippen LogP contribution is -2.44. The smallest absolute Gasteiger partial charge is 0.331 e. The Kier molecular flexibility index (Phi) is 4.59. The zero-order chi connectivity index (χ0) is 14.6. The predicted molar refractivity (Wildman–Crippen MR) is 62.8 cm³/mol. The number of carboxylic acid groups (broad SMARTS) is 2. The minimum absolute atomic E-state index is 0.282. The van der Waals surface area contributed by atoms with Crippen LogP contribution in [0.15, 0.2) is 21.9 Å². The molecule has 9 nitrogen and oxygen atoms in total. The lowest BCUT2D eigenvalue weighted by Gasteiger charge is -2.11. The van der Waals surface area contributed by atoms with Crippen LogP contribution < -0.4 is 17.0 Å². The summed E-state index contributed by atoms with van der Waals surface area (Å²) in [4.78, 5) is 44.3. The van der Waals surface area contributed by atoms with Gasteiger partial charge in [-0.2, -0.15) is 0 Å². The van der Waals surface area contributed by atoms with Gasteiger partial charge in [0.15, 0.2) is 0 Å². The highest BCUT2D eigenvalue weighted by molar-refractivity contribution is 5.72. The second-order valence-corrected chi connectivity index (χ2v) is 3.83. The van der Waals surface area contributed by atoms with Crippen molar-refractivity contribution in [1.82, 2.24) is 9.13 Å². The maximum absolute atomic E-state index is 11.8. The highest BCUT2D eigenvalue weighted by Crippen LogP contribution is 1.88. The summed E-state index contributed by atoms with van der Waals surface area (Å²) in [6.07, 6.45) is 0.745. The van der Waals surface area contributed by atoms with Gasteiger partial charge in [0.25, 0.3) is 5.56 Å². The van der Waals surface area contributed by atoms with Crippen molar-refractivity contribution in [1.29, 1.82) is 0 Å². The highest BCUT2D eigenvalue weighted by Gasteiger charge is 2.14. The fraction of sp³-hybridized carbons (Fsp3) is 0.400. The fourth-order valence-electron chi connectivity index (χ4n) is 1.40. The van der Waals surface area contributed by atoms with Crippen LogP contribution in [0.1, 0.15) is 6.42 Å². The zero-order valence-corrected chi connectivity index (χ0v) is 9.85. The number of rotatable bonds is 6. The van der Waals surface area contributed by atoms with Crippen LogP contribution in [0.3, 0.4) is 0 Å². The quantitative estimate of drug-likeness (QED) is 0.537. The van der Waals surface area contributed by atoms with Crippen LogP contribution in [0.25, 0.3) is 0 Å². The van der Waals surface area contributed by atoms with Crippen molar-refractivity contribution in [2.45, 2.75) is 25.6 Å². The van der Waals surface area contributed by atoms with E-state index in [-0.39, 0.29) is 19.5 Å². The molecule has 1 rings (SSSR count). The monoisotopic (exact) mass is 271 g/mol. The summed E-state index contributed by atoms with van der Waals surface area (Å²) >= 11 is 0. The normalized spacial score (nSPS) is 12.1. The largest absolute Gasteiger partial charge is 0.481 e. The molecule has 1 aromatic heterocycles. The second-order valence-electron chi connectivity index (χ2n) is 3.83. The van der Waals surface area contributed by atoms with E-state index >= 15 is 0 Å². The molecule has 0 spiro atoms. The maximum Gasteiger partial charge on any atom is 0.331 e. The molecule has 1 aromatic rings. The maximum atomic E-state index is 11.8. The Labute approximate surface area is 106 Å². The zero-order valence-electron chi connectivity index (χ0n) is 9.85. The summed E-state index contributed by atoms with van der Waals surface area (Å²) in [5, 5.41) is 17.2. The van der Waals surface area contributed by atoms with Gasteiger partial charge in [0.2, 0.25) is 0 Å². The SMILES string of the molecule is N[C@H](Cn1ccc(=O)n(CCC(=O)O)c1=O)C(=O)O. The molecule has 0 aromatic carbocycles. The van der Waals surface area contributed by atoms with E-state index in [2.05, 4.69) is 0 Å². The van der Waals surface area contributed by atoms with Gasteiger partial charge in [0.05, 0.1) is 13.0 Å². The van der Waals surface area contributed by atoms with Crippen LogP contribution in [-0.4, -0.2) is 37.3 Å². The van der Waals surface area contributed by atoms with Gasteiger partial charge in [-0.05, 0) is 0 Å². The van der Waals surface area contributed by atoms with Gasteiger partial charge in [-0.25, -0.2) is 4.79 Å². The van der Waals surface area contributed by atoms with Crippen LogP contribution in [-0.2, 0) is 22.7 Å². The lowest BCUT2D eigenvalue weighted by molar-refractivity contribution is -0.139. The summed E-state index contributed by atoms with van der Waals surface area (Å²) < 4.78 is 1.69. The first-order valence-corrected chi connectivity index (χ1v) is 5.33. The number of carbonyl (C=O) groups is 2. The Bertz CT molecular complexity index is 602. The molecule has 0 saturated heterocycles. The fourth-order valence-corrected chi connectivity index (χ4v) is 1.40. The first-order chi connectivity index (χ1) is 8.82. The van der Waals surface area contributed by atoms with Crippen molar-refractivity contribution in [3.63, 3.8) is 0 Å². The Hall–Kier alpha value is -2.42.